The van der Waals surface area contributed by atoms with E-state index in [4.69, 9.17) is 34.3 Å². The van der Waals surface area contributed by atoms with Gasteiger partial charge in [-0.15, -0.1) is 0 Å². The number of benzene rings is 4. The summed E-state index contributed by atoms with van der Waals surface area (Å²) in [7, 11) is 1.58. The minimum atomic E-state index is -1.28. The second-order valence-corrected chi connectivity index (χ2v) is 11.0. The van der Waals surface area contributed by atoms with E-state index in [0.29, 0.717) is 29.2 Å². The molecule has 4 rings (SSSR count). The van der Waals surface area contributed by atoms with E-state index in [0.717, 1.165) is 17.9 Å². The maximum absolute atomic E-state index is 12.2. The molecule has 12 nitrogen and oxygen atoms in total. The molecule has 12 heteroatoms. The zero-order chi connectivity index (χ0) is 33.7. The van der Waals surface area contributed by atoms with Crippen molar-refractivity contribution >= 4 is 11.9 Å². The number of aromatic carboxylic acids is 1. The molecule has 0 radical (unpaired) electrons. The van der Waals surface area contributed by atoms with Crippen LogP contribution in [0.3, 0.4) is 0 Å². The molecule has 4 aromatic rings. The van der Waals surface area contributed by atoms with Gasteiger partial charge in [-0.25, -0.2) is 14.5 Å². The molecule has 0 heterocycles. The third-order valence-corrected chi connectivity index (χ3v) is 6.00. The molecule has 0 unspecified atom stereocenters. The highest BCUT2D eigenvalue weighted by Gasteiger charge is 2.19. The van der Waals surface area contributed by atoms with Crippen molar-refractivity contribution in [3.8, 4) is 34.5 Å². The van der Waals surface area contributed by atoms with Crippen LogP contribution >= 0.6 is 0 Å². The number of phenolic OH excluding ortho intramolecular Hbond substituents is 2. The first-order chi connectivity index (χ1) is 21.9. The number of carboxylic acid groups (broad SMARTS) is 1. The molecule has 0 aliphatic rings. The van der Waals surface area contributed by atoms with E-state index in [1.54, 1.807) is 61.7 Å². The Bertz CT molecular complexity index is 1580. The first kappa shape index (κ1) is 35.2. The minimum Gasteiger partial charge on any atom is -0.508 e. The average Bonchev–Trinajstić information content (AvgIpc) is 3.02. The molecule has 244 valence electrons. The van der Waals surface area contributed by atoms with Crippen LogP contribution in [0.4, 0.5) is 0 Å². The smallest absolute Gasteiger partial charge is 0.344 e. The van der Waals surface area contributed by atoms with Gasteiger partial charge in [0.05, 0.1) is 24.8 Å². The van der Waals surface area contributed by atoms with Gasteiger partial charge in [0.15, 0.2) is 5.75 Å². The lowest BCUT2D eigenvalue weighted by Gasteiger charge is -2.18. The number of phenols is 2. The molecule has 0 atom stereocenters. The number of hydrogen-bond acceptors (Lipinski definition) is 11. The third-order valence-electron chi connectivity index (χ3n) is 6.00. The third kappa shape index (κ3) is 11.3. The molecule has 0 spiro atoms. The quantitative estimate of drug-likeness (QED) is 0.0567. The molecular weight excluding hydrogens is 600 g/mol. The largest absolute Gasteiger partial charge is 0.508 e. The van der Waals surface area contributed by atoms with Crippen LogP contribution in [-0.4, -0.2) is 46.2 Å². The van der Waals surface area contributed by atoms with Gasteiger partial charge in [-0.2, -0.15) is 4.89 Å². The highest BCUT2D eigenvalue weighted by Crippen LogP contribution is 2.24. The summed E-state index contributed by atoms with van der Waals surface area (Å²) in [5, 5.41) is 36.6. The molecule has 0 amide bonds. The van der Waals surface area contributed by atoms with Gasteiger partial charge in [-0.3, -0.25) is 5.26 Å². The maximum atomic E-state index is 12.2. The summed E-state index contributed by atoms with van der Waals surface area (Å²) in [6, 6.07) is 21.4. The van der Waals surface area contributed by atoms with Crippen LogP contribution < -0.4 is 19.1 Å². The summed E-state index contributed by atoms with van der Waals surface area (Å²) in [6.45, 7) is 6.80. The number of esters is 1. The molecule has 4 N–H and O–H groups in total. The SMILES string of the molecule is CC(C)(C)COc1ccc(OC(=O)c2cc(O)ccc2C(=O)O)cc1.COc1ccc(OOCc2cc(O)ccc2COO)cc1. The van der Waals surface area contributed by atoms with Crippen molar-refractivity contribution in [2.75, 3.05) is 13.7 Å². The maximum Gasteiger partial charge on any atom is 0.344 e. The fourth-order valence-electron chi connectivity index (χ4n) is 3.70. The predicted molar refractivity (Wildman–Crippen MR) is 165 cm³/mol. The fraction of sp³-hybridized carbons (Fsp3) is 0.235. The standard InChI is InChI=1S/C19H20O6.C15H16O6/c1-19(2,3)11-24-13-5-7-14(8-6-13)25-18(23)16-10-12(20)4-9-15(16)17(21)22;1-18-14-4-6-15(7-5-14)21-20-10-12-8-13(16)3-2-11(12)9-19-17/h4-10,20H,11H2,1-3H3,(H,21,22);2-8,16-17H,9-10H2,1H3. The second-order valence-electron chi connectivity index (χ2n) is 11.0. The Labute approximate surface area is 265 Å². The molecular formula is C34H36O12. The molecule has 0 bridgehead atoms. The Kier molecular flexibility index (Phi) is 12.8. The molecule has 0 saturated carbocycles. The van der Waals surface area contributed by atoms with Crippen molar-refractivity contribution in [3.05, 3.63) is 107 Å². The molecule has 0 aliphatic carbocycles. The molecule has 0 aromatic heterocycles. The van der Waals surface area contributed by atoms with E-state index in [2.05, 4.69) is 25.7 Å². The lowest BCUT2D eigenvalue weighted by atomic mass is 9.99. The van der Waals surface area contributed by atoms with Crippen molar-refractivity contribution in [2.24, 2.45) is 5.41 Å². The summed E-state index contributed by atoms with van der Waals surface area (Å²) in [6.07, 6.45) is 0. The van der Waals surface area contributed by atoms with Crippen molar-refractivity contribution in [1.82, 2.24) is 0 Å². The zero-order valence-electron chi connectivity index (χ0n) is 25.8. The number of carbonyl (C=O) groups is 2. The summed E-state index contributed by atoms with van der Waals surface area (Å²) < 4.78 is 15.8. The molecule has 0 saturated heterocycles. The van der Waals surface area contributed by atoms with Gasteiger partial charge in [0.2, 0.25) is 0 Å². The lowest BCUT2D eigenvalue weighted by molar-refractivity contribution is -0.253. The van der Waals surface area contributed by atoms with Gasteiger partial charge >= 0.3 is 11.9 Å². The molecule has 4 aromatic carbocycles. The number of methoxy groups -OCH3 is 1. The Hall–Kier alpha value is -5.30. The van der Waals surface area contributed by atoms with Crippen molar-refractivity contribution < 1.29 is 59.0 Å². The summed E-state index contributed by atoms with van der Waals surface area (Å²) in [5.41, 5.74) is 0.896. The molecule has 0 aliphatic heterocycles. The highest BCUT2D eigenvalue weighted by molar-refractivity contribution is 6.03. The Balaban J connectivity index is 0.000000254. The van der Waals surface area contributed by atoms with Crippen LogP contribution in [-0.2, 0) is 23.0 Å². The number of aromatic hydroxyl groups is 2. The number of hydrogen-bond donors (Lipinski definition) is 4. The van der Waals surface area contributed by atoms with E-state index < -0.39 is 11.9 Å². The number of rotatable bonds is 12. The highest BCUT2D eigenvalue weighted by atomic mass is 17.2. The Morgan fingerprint density at radius 3 is 1.89 bits per heavy atom. The number of ether oxygens (including phenoxy) is 3. The summed E-state index contributed by atoms with van der Waals surface area (Å²) in [4.78, 5) is 37.8. The average molecular weight is 637 g/mol. The Morgan fingerprint density at radius 1 is 0.696 bits per heavy atom. The van der Waals surface area contributed by atoms with E-state index in [1.807, 2.05) is 0 Å². The van der Waals surface area contributed by atoms with Gasteiger partial charge in [0.1, 0.15) is 42.0 Å². The van der Waals surface area contributed by atoms with Gasteiger partial charge in [0.25, 0.3) is 0 Å². The van der Waals surface area contributed by atoms with Crippen molar-refractivity contribution in [3.63, 3.8) is 0 Å². The summed E-state index contributed by atoms with van der Waals surface area (Å²) >= 11 is 0. The second kappa shape index (κ2) is 16.7. The van der Waals surface area contributed by atoms with E-state index in [-0.39, 0.29) is 47.0 Å². The van der Waals surface area contributed by atoms with E-state index >= 15 is 0 Å². The van der Waals surface area contributed by atoms with Crippen LogP contribution in [0.25, 0.3) is 0 Å². The molecule has 0 fully saturated rings. The number of carboxylic acids is 1. The van der Waals surface area contributed by atoms with Gasteiger partial charge in [0, 0.05) is 0 Å². The number of carbonyl (C=O) groups excluding carboxylic acids is 1. The zero-order valence-corrected chi connectivity index (χ0v) is 25.8. The van der Waals surface area contributed by atoms with Crippen LogP contribution in [0.5, 0.6) is 34.5 Å². The van der Waals surface area contributed by atoms with Crippen molar-refractivity contribution in [1.29, 1.82) is 0 Å². The van der Waals surface area contributed by atoms with Crippen LogP contribution in [0, 0.1) is 5.41 Å². The predicted octanol–water partition coefficient (Wildman–Crippen LogP) is 6.64. The monoisotopic (exact) mass is 636 g/mol. The van der Waals surface area contributed by atoms with Crippen LogP contribution in [0.1, 0.15) is 52.6 Å². The first-order valence-electron chi connectivity index (χ1n) is 13.9. The van der Waals surface area contributed by atoms with E-state index in [1.165, 1.54) is 18.2 Å². The van der Waals surface area contributed by atoms with Crippen LogP contribution in [0.15, 0.2) is 84.9 Å². The van der Waals surface area contributed by atoms with Crippen molar-refractivity contribution in [2.45, 2.75) is 34.0 Å². The van der Waals surface area contributed by atoms with Gasteiger partial charge in [-0.05, 0) is 95.4 Å². The van der Waals surface area contributed by atoms with Gasteiger partial charge < -0.3 is 34.4 Å². The first-order valence-corrected chi connectivity index (χ1v) is 13.9. The minimum absolute atomic E-state index is 0.00150. The lowest BCUT2D eigenvalue weighted by Crippen LogP contribution is -2.16. The summed E-state index contributed by atoms with van der Waals surface area (Å²) in [5.74, 6) is -0.142. The topological polar surface area (TPSA) is 170 Å². The normalized spacial score (nSPS) is 10.7. The van der Waals surface area contributed by atoms with E-state index in [9.17, 15) is 19.8 Å². The fourth-order valence-corrected chi connectivity index (χ4v) is 3.70. The molecule has 46 heavy (non-hydrogen) atoms. The Morgan fingerprint density at radius 2 is 1.28 bits per heavy atom. The van der Waals surface area contributed by atoms with Crippen LogP contribution in [0.2, 0.25) is 0 Å². The van der Waals surface area contributed by atoms with Gasteiger partial charge in [-0.1, -0.05) is 26.8 Å².